The molecule has 0 spiro atoms. The third-order valence-electron chi connectivity index (χ3n) is 4.29. The first-order valence-corrected chi connectivity index (χ1v) is 8.03. The third-order valence-corrected chi connectivity index (χ3v) is 5.39. The molecule has 0 radical (unpaired) electrons. The average molecular weight is 289 g/mol. The highest BCUT2D eigenvalue weighted by atomic mass is 32.1. The second-order valence-corrected chi connectivity index (χ2v) is 7.02. The molecule has 2 fully saturated rings. The van der Waals surface area contributed by atoms with Crippen molar-refractivity contribution in [3.63, 3.8) is 0 Å². The molecule has 4 heteroatoms. The average Bonchev–Trinajstić information content (AvgIpc) is 3.34. The Bertz CT molecular complexity index is 660. The molecule has 0 atom stereocenters. The molecule has 2 aliphatic rings. The maximum Gasteiger partial charge on any atom is 0.261 e. The van der Waals surface area contributed by atoms with E-state index in [4.69, 9.17) is 0 Å². The van der Waals surface area contributed by atoms with Crippen molar-refractivity contribution in [2.75, 3.05) is 0 Å². The number of nitrogens with one attached hydrogen (secondary N) is 1. The number of hydrogen-bond donors (Lipinski definition) is 1. The van der Waals surface area contributed by atoms with Crippen molar-refractivity contribution >= 4 is 27.3 Å². The molecule has 1 N–H and O–H groups in total. The van der Waals surface area contributed by atoms with E-state index in [0.29, 0.717) is 28.1 Å². The van der Waals surface area contributed by atoms with Crippen molar-refractivity contribution in [2.45, 2.75) is 31.7 Å². The highest BCUT2D eigenvalue weighted by Gasteiger charge is 2.42. The molecule has 2 saturated carbocycles. The Balaban J connectivity index is 1.58. The number of fused-ring (bicyclic) bond motifs is 1. The molecule has 1 aromatic heterocycles. The molecular formula is C16H16FNOS. The van der Waals surface area contributed by atoms with Crippen molar-refractivity contribution in [1.82, 2.24) is 5.32 Å². The maximum absolute atomic E-state index is 13.7. The minimum absolute atomic E-state index is 0.0330. The molecule has 1 amide bonds. The van der Waals surface area contributed by atoms with Crippen LogP contribution in [0, 0.1) is 17.7 Å². The number of carbonyl (C=O) groups excluding carboxylic acids is 1. The van der Waals surface area contributed by atoms with Crippen molar-refractivity contribution in [1.29, 1.82) is 0 Å². The van der Waals surface area contributed by atoms with Gasteiger partial charge in [-0.25, -0.2) is 4.39 Å². The van der Waals surface area contributed by atoms with Crippen molar-refractivity contribution in [2.24, 2.45) is 11.8 Å². The summed E-state index contributed by atoms with van der Waals surface area (Å²) in [4.78, 5) is 13.0. The molecule has 1 heterocycles. The summed E-state index contributed by atoms with van der Waals surface area (Å²) in [5.74, 6) is 1.07. The van der Waals surface area contributed by atoms with Gasteiger partial charge in [0.25, 0.3) is 5.91 Å². The number of thiophene rings is 1. The standard InChI is InChI=1S/C16H16FNOS/c17-12-2-1-3-13-11(12)8-14(20-13)16(19)18-15(9-4-5-9)10-6-7-10/h1-3,8-10,15H,4-7H2,(H,18,19). The second kappa shape index (κ2) is 4.55. The molecule has 0 aliphatic heterocycles. The van der Waals surface area contributed by atoms with E-state index in [-0.39, 0.29) is 11.7 Å². The number of rotatable bonds is 4. The minimum Gasteiger partial charge on any atom is -0.348 e. The summed E-state index contributed by atoms with van der Waals surface area (Å²) in [6.07, 6.45) is 4.95. The van der Waals surface area contributed by atoms with Crippen LogP contribution in [0.5, 0.6) is 0 Å². The van der Waals surface area contributed by atoms with Crippen LogP contribution in [0.1, 0.15) is 35.4 Å². The minimum atomic E-state index is -0.251. The van der Waals surface area contributed by atoms with Crippen LogP contribution in [0.15, 0.2) is 24.3 Å². The van der Waals surface area contributed by atoms with Crippen molar-refractivity contribution in [3.05, 3.63) is 35.0 Å². The van der Waals surface area contributed by atoms with E-state index in [1.54, 1.807) is 12.1 Å². The van der Waals surface area contributed by atoms with E-state index in [1.807, 2.05) is 6.07 Å². The van der Waals surface area contributed by atoms with Crippen LogP contribution < -0.4 is 5.32 Å². The highest BCUT2D eigenvalue weighted by Crippen LogP contribution is 2.44. The van der Waals surface area contributed by atoms with Crippen LogP contribution in [0.3, 0.4) is 0 Å². The fourth-order valence-electron chi connectivity index (χ4n) is 2.89. The zero-order valence-electron chi connectivity index (χ0n) is 11.1. The smallest absolute Gasteiger partial charge is 0.261 e. The number of hydrogen-bond acceptors (Lipinski definition) is 2. The third kappa shape index (κ3) is 2.22. The summed E-state index contributed by atoms with van der Waals surface area (Å²) in [5.41, 5.74) is 0. The lowest BCUT2D eigenvalue weighted by Crippen LogP contribution is -2.37. The number of carbonyl (C=O) groups is 1. The quantitative estimate of drug-likeness (QED) is 0.907. The molecule has 2 nitrogen and oxygen atoms in total. The van der Waals surface area contributed by atoms with Gasteiger partial charge in [-0.2, -0.15) is 0 Å². The van der Waals surface area contributed by atoms with Gasteiger partial charge in [0.05, 0.1) is 4.88 Å². The van der Waals surface area contributed by atoms with Gasteiger partial charge in [-0.1, -0.05) is 6.07 Å². The van der Waals surface area contributed by atoms with Crippen molar-refractivity contribution in [3.8, 4) is 0 Å². The molecule has 4 rings (SSSR count). The molecule has 0 bridgehead atoms. The van der Waals surface area contributed by atoms with Gasteiger partial charge < -0.3 is 5.32 Å². The van der Waals surface area contributed by atoms with E-state index in [9.17, 15) is 9.18 Å². The second-order valence-electron chi connectivity index (χ2n) is 5.94. The Labute approximate surface area is 121 Å². The molecule has 2 aliphatic carbocycles. The Morgan fingerprint density at radius 3 is 2.55 bits per heavy atom. The van der Waals surface area contributed by atoms with Crippen LogP contribution in [0.25, 0.3) is 10.1 Å². The highest BCUT2D eigenvalue weighted by molar-refractivity contribution is 7.20. The number of benzene rings is 1. The lowest BCUT2D eigenvalue weighted by molar-refractivity contribution is 0.0930. The van der Waals surface area contributed by atoms with Crippen molar-refractivity contribution < 1.29 is 9.18 Å². The van der Waals surface area contributed by atoms with E-state index in [2.05, 4.69) is 5.32 Å². The summed E-state index contributed by atoms with van der Waals surface area (Å²) in [5, 5.41) is 3.74. The van der Waals surface area contributed by atoms with Gasteiger partial charge >= 0.3 is 0 Å². The van der Waals surface area contributed by atoms with Gasteiger partial charge in [0.1, 0.15) is 5.82 Å². The first-order chi connectivity index (χ1) is 9.72. The van der Waals surface area contributed by atoms with Crippen LogP contribution in [0.4, 0.5) is 4.39 Å². The summed E-state index contributed by atoms with van der Waals surface area (Å²) in [6, 6.07) is 7.01. The van der Waals surface area contributed by atoms with Crippen LogP contribution >= 0.6 is 11.3 Å². The lowest BCUT2D eigenvalue weighted by Gasteiger charge is -2.16. The SMILES string of the molecule is O=C(NC(C1CC1)C1CC1)c1cc2c(F)cccc2s1. The number of halogens is 1. The molecule has 104 valence electrons. The van der Waals surface area contributed by atoms with Crippen LogP contribution in [-0.4, -0.2) is 11.9 Å². The summed E-state index contributed by atoms with van der Waals surface area (Å²) >= 11 is 1.37. The van der Waals surface area contributed by atoms with E-state index >= 15 is 0 Å². The molecule has 0 unspecified atom stereocenters. The topological polar surface area (TPSA) is 29.1 Å². The zero-order valence-corrected chi connectivity index (χ0v) is 11.9. The molecule has 0 saturated heterocycles. The largest absolute Gasteiger partial charge is 0.348 e. The lowest BCUT2D eigenvalue weighted by atomic mass is 10.1. The Kier molecular flexibility index (Phi) is 2.81. The van der Waals surface area contributed by atoms with E-state index in [0.717, 1.165) is 4.70 Å². The number of amides is 1. The van der Waals surface area contributed by atoms with Gasteiger partial charge in [-0.15, -0.1) is 11.3 Å². The van der Waals surface area contributed by atoms with Gasteiger partial charge in [-0.3, -0.25) is 4.79 Å². The molecule has 2 aromatic rings. The predicted octanol–water partition coefficient (Wildman–Crippen LogP) is 3.96. The van der Waals surface area contributed by atoms with Gasteiger partial charge in [0.2, 0.25) is 0 Å². The summed E-state index contributed by atoms with van der Waals surface area (Å²) in [6.45, 7) is 0. The predicted molar refractivity (Wildman–Crippen MR) is 78.5 cm³/mol. The fourth-order valence-corrected chi connectivity index (χ4v) is 3.87. The van der Waals surface area contributed by atoms with Gasteiger partial charge in [0, 0.05) is 16.1 Å². The Hall–Kier alpha value is -1.42. The first kappa shape index (κ1) is 12.3. The normalized spacial score (nSPS) is 18.7. The summed E-state index contributed by atoms with van der Waals surface area (Å²) < 4.78 is 14.5. The first-order valence-electron chi connectivity index (χ1n) is 7.21. The molecular weight excluding hydrogens is 273 g/mol. The van der Waals surface area contributed by atoms with Gasteiger partial charge in [0.15, 0.2) is 0 Å². The van der Waals surface area contributed by atoms with E-state index < -0.39 is 0 Å². The summed E-state index contributed by atoms with van der Waals surface area (Å²) in [7, 11) is 0. The molecule has 20 heavy (non-hydrogen) atoms. The Morgan fingerprint density at radius 1 is 1.25 bits per heavy atom. The van der Waals surface area contributed by atoms with Gasteiger partial charge in [-0.05, 0) is 55.7 Å². The Morgan fingerprint density at radius 2 is 1.95 bits per heavy atom. The molecule has 1 aromatic carbocycles. The monoisotopic (exact) mass is 289 g/mol. The zero-order chi connectivity index (χ0) is 13.7. The van der Waals surface area contributed by atoms with E-state index in [1.165, 1.54) is 43.1 Å². The maximum atomic E-state index is 13.7. The van der Waals surface area contributed by atoms with Crippen LogP contribution in [-0.2, 0) is 0 Å². The van der Waals surface area contributed by atoms with Crippen LogP contribution in [0.2, 0.25) is 0 Å². The fraction of sp³-hybridized carbons (Fsp3) is 0.438.